The van der Waals surface area contributed by atoms with Crippen molar-refractivity contribution in [3.63, 3.8) is 0 Å². The number of carbonyl (C=O) groups excluding carboxylic acids is 1. The van der Waals surface area contributed by atoms with Crippen molar-refractivity contribution in [3.8, 4) is 11.4 Å². The van der Waals surface area contributed by atoms with Gasteiger partial charge in [-0.2, -0.15) is 5.10 Å². The maximum absolute atomic E-state index is 12.1. The van der Waals surface area contributed by atoms with E-state index in [-0.39, 0.29) is 12.1 Å². The van der Waals surface area contributed by atoms with Crippen molar-refractivity contribution in [3.05, 3.63) is 35.7 Å². The van der Waals surface area contributed by atoms with Gasteiger partial charge in [-0.3, -0.25) is 5.10 Å². The predicted molar refractivity (Wildman–Crippen MR) is 84.3 cm³/mol. The number of likely N-dealkylation sites (tertiary alicyclic amines) is 1. The topological polar surface area (TPSA) is 73.9 Å². The summed E-state index contributed by atoms with van der Waals surface area (Å²) >= 11 is 0. The fourth-order valence-electron chi connectivity index (χ4n) is 2.56. The number of aromatic nitrogens is 3. The zero-order valence-electron chi connectivity index (χ0n) is 13.0. The van der Waals surface area contributed by atoms with Crippen molar-refractivity contribution >= 4 is 6.03 Å². The van der Waals surface area contributed by atoms with E-state index < -0.39 is 0 Å². The number of H-pyrrole nitrogens is 1. The lowest BCUT2D eigenvalue weighted by Gasteiger charge is -2.19. The van der Waals surface area contributed by atoms with Gasteiger partial charge in [0, 0.05) is 18.7 Å². The molecule has 0 aliphatic carbocycles. The molecule has 1 atom stereocenters. The Morgan fingerprint density at radius 2 is 1.95 bits per heavy atom. The van der Waals surface area contributed by atoms with Crippen LogP contribution in [0.5, 0.6) is 0 Å². The van der Waals surface area contributed by atoms with Crippen molar-refractivity contribution in [1.29, 1.82) is 0 Å². The fourth-order valence-corrected chi connectivity index (χ4v) is 2.56. The number of nitrogens with one attached hydrogen (secondary N) is 2. The Morgan fingerprint density at radius 3 is 2.64 bits per heavy atom. The molecule has 1 saturated heterocycles. The number of hydrogen-bond acceptors (Lipinski definition) is 3. The Bertz CT molecular complexity index is 643. The second-order valence-corrected chi connectivity index (χ2v) is 5.78. The molecule has 1 aromatic carbocycles. The number of carbonyl (C=O) groups is 1. The molecular weight excluding hydrogens is 278 g/mol. The average molecular weight is 299 g/mol. The SMILES string of the molecule is Cc1ccc(-c2n[nH]c([C@H](C)NC(=O)N3CCCC3)n2)cc1. The quantitative estimate of drug-likeness (QED) is 0.915. The number of amides is 2. The molecule has 3 rings (SSSR count). The Morgan fingerprint density at radius 1 is 1.27 bits per heavy atom. The normalized spacial score (nSPS) is 15.8. The average Bonchev–Trinajstić information content (AvgIpc) is 3.20. The van der Waals surface area contributed by atoms with Crippen LogP contribution in [-0.4, -0.2) is 39.2 Å². The highest BCUT2D eigenvalue weighted by molar-refractivity contribution is 5.74. The third-order valence-corrected chi connectivity index (χ3v) is 3.96. The molecule has 6 heteroatoms. The zero-order valence-corrected chi connectivity index (χ0v) is 13.0. The first-order valence-electron chi connectivity index (χ1n) is 7.68. The minimum absolute atomic E-state index is 0.0294. The van der Waals surface area contributed by atoms with Crippen LogP contribution in [0.15, 0.2) is 24.3 Å². The molecule has 0 radical (unpaired) electrons. The van der Waals surface area contributed by atoms with Gasteiger partial charge in [-0.1, -0.05) is 29.8 Å². The summed E-state index contributed by atoms with van der Waals surface area (Å²) in [4.78, 5) is 18.4. The summed E-state index contributed by atoms with van der Waals surface area (Å²) in [5, 5.41) is 10.1. The maximum Gasteiger partial charge on any atom is 0.317 e. The summed E-state index contributed by atoms with van der Waals surface area (Å²) in [6.07, 6.45) is 2.17. The van der Waals surface area contributed by atoms with E-state index in [0.717, 1.165) is 31.5 Å². The van der Waals surface area contributed by atoms with E-state index in [1.807, 2.05) is 43.0 Å². The molecule has 0 spiro atoms. The van der Waals surface area contributed by atoms with Crippen molar-refractivity contribution < 1.29 is 4.79 Å². The molecular formula is C16H21N5O. The number of benzene rings is 1. The Labute approximate surface area is 129 Å². The predicted octanol–water partition coefficient (Wildman–Crippen LogP) is 2.65. The first kappa shape index (κ1) is 14.6. The van der Waals surface area contributed by atoms with Gasteiger partial charge in [0.05, 0.1) is 6.04 Å². The molecule has 22 heavy (non-hydrogen) atoms. The molecule has 6 nitrogen and oxygen atoms in total. The van der Waals surface area contributed by atoms with Crippen molar-refractivity contribution in [1.82, 2.24) is 25.4 Å². The van der Waals surface area contributed by atoms with E-state index in [9.17, 15) is 4.79 Å². The van der Waals surface area contributed by atoms with Gasteiger partial charge in [0.25, 0.3) is 0 Å². The fraction of sp³-hybridized carbons (Fsp3) is 0.438. The molecule has 2 N–H and O–H groups in total. The van der Waals surface area contributed by atoms with E-state index in [2.05, 4.69) is 20.5 Å². The third kappa shape index (κ3) is 3.10. The summed E-state index contributed by atoms with van der Waals surface area (Å²) < 4.78 is 0. The number of urea groups is 1. The van der Waals surface area contributed by atoms with Crippen LogP contribution in [0.2, 0.25) is 0 Å². The van der Waals surface area contributed by atoms with Crippen molar-refractivity contribution in [2.24, 2.45) is 0 Å². The largest absolute Gasteiger partial charge is 0.328 e. The molecule has 0 unspecified atom stereocenters. The molecule has 2 amide bonds. The summed E-state index contributed by atoms with van der Waals surface area (Å²) in [7, 11) is 0. The minimum Gasteiger partial charge on any atom is -0.328 e. The first-order valence-corrected chi connectivity index (χ1v) is 7.68. The van der Waals surface area contributed by atoms with Crippen LogP contribution in [0.4, 0.5) is 4.79 Å². The second kappa shape index (κ2) is 6.17. The van der Waals surface area contributed by atoms with Crippen LogP contribution in [0.1, 0.15) is 37.2 Å². The minimum atomic E-state index is -0.195. The Balaban J connectivity index is 1.67. The monoisotopic (exact) mass is 299 g/mol. The second-order valence-electron chi connectivity index (χ2n) is 5.78. The summed E-state index contributed by atoms with van der Waals surface area (Å²) in [5.74, 6) is 1.32. The van der Waals surface area contributed by atoms with E-state index in [1.165, 1.54) is 5.56 Å². The van der Waals surface area contributed by atoms with Gasteiger partial charge < -0.3 is 10.2 Å². The Kier molecular flexibility index (Phi) is 4.09. The first-order chi connectivity index (χ1) is 10.6. The van der Waals surface area contributed by atoms with E-state index in [0.29, 0.717) is 11.6 Å². The molecule has 2 aromatic rings. The highest BCUT2D eigenvalue weighted by Gasteiger charge is 2.21. The van der Waals surface area contributed by atoms with E-state index in [4.69, 9.17) is 0 Å². The van der Waals surface area contributed by atoms with Crippen LogP contribution in [0.3, 0.4) is 0 Å². The van der Waals surface area contributed by atoms with Crippen molar-refractivity contribution in [2.45, 2.75) is 32.7 Å². The molecule has 1 aliphatic rings. The lowest BCUT2D eigenvalue weighted by atomic mass is 10.1. The van der Waals surface area contributed by atoms with Gasteiger partial charge in [0.15, 0.2) is 5.82 Å². The highest BCUT2D eigenvalue weighted by Crippen LogP contribution is 2.18. The molecule has 2 heterocycles. The van der Waals surface area contributed by atoms with E-state index >= 15 is 0 Å². The maximum atomic E-state index is 12.1. The number of aromatic amines is 1. The van der Waals surface area contributed by atoms with E-state index in [1.54, 1.807) is 0 Å². The van der Waals surface area contributed by atoms with Crippen LogP contribution in [0, 0.1) is 6.92 Å². The van der Waals surface area contributed by atoms with Crippen LogP contribution in [0.25, 0.3) is 11.4 Å². The van der Waals surface area contributed by atoms with Gasteiger partial charge in [-0.15, -0.1) is 0 Å². The molecule has 0 saturated carbocycles. The van der Waals surface area contributed by atoms with Gasteiger partial charge in [0.2, 0.25) is 0 Å². The van der Waals surface area contributed by atoms with Crippen LogP contribution < -0.4 is 5.32 Å². The van der Waals surface area contributed by atoms with Gasteiger partial charge in [0.1, 0.15) is 5.82 Å². The summed E-state index contributed by atoms with van der Waals surface area (Å²) in [6, 6.07) is 7.83. The number of rotatable bonds is 3. The lowest BCUT2D eigenvalue weighted by molar-refractivity contribution is 0.205. The lowest BCUT2D eigenvalue weighted by Crippen LogP contribution is -2.39. The molecule has 1 fully saturated rings. The summed E-state index contributed by atoms with van der Waals surface area (Å²) in [6.45, 7) is 5.63. The van der Waals surface area contributed by atoms with Crippen LogP contribution >= 0.6 is 0 Å². The molecule has 1 aliphatic heterocycles. The summed E-state index contributed by atoms with van der Waals surface area (Å²) in [5.41, 5.74) is 2.16. The Hall–Kier alpha value is -2.37. The standard InChI is InChI=1S/C16H21N5O/c1-11-5-7-13(8-6-11)15-18-14(19-20-15)12(2)17-16(22)21-9-3-4-10-21/h5-8,12H,3-4,9-10H2,1-2H3,(H,17,22)(H,18,19,20)/t12-/m0/s1. The van der Waals surface area contributed by atoms with Crippen molar-refractivity contribution in [2.75, 3.05) is 13.1 Å². The molecule has 0 bridgehead atoms. The van der Waals surface area contributed by atoms with Gasteiger partial charge >= 0.3 is 6.03 Å². The highest BCUT2D eigenvalue weighted by atomic mass is 16.2. The van der Waals surface area contributed by atoms with Gasteiger partial charge in [-0.25, -0.2) is 9.78 Å². The number of aryl methyl sites for hydroxylation is 1. The molecule has 1 aromatic heterocycles. The zero-order chi connectivity index (χ0) is 15.5. The van der Waals surface area contributed by atoms with Gasteiger partial charge in [-0.05, 0) is 26.7 Å². The number of hydrogen-bond donors (Lipinski definition) is 2. The third-order valence-electron chi connectivity index (χ3n) is 3.96. The smallest absolute Gasteiger partial charge is 0.317 e. The van der Waals surface area contributed by atoms with Crippen LogP contribution in [-0.2, 0) is 0 Å². The molecule has 116 valence electrons. The number of nitrogens with zero attached hydrogens (tertiary/aromatic N) is 3.